The van der Waals surface area contributed by atoms with Gasteiger partial charge in [-0.3, -0.25) is 0 Å². The molecule has 0 aromatic heterocycles. The van der Waals surface area contributed by atoms with Crippen molar-refractivity contribution in [2.24, 2.45) is 5.41 Å². The van der Waals surface area contributed by atoms with Crippen molar-refractivity contribution < 1.29 is 9.90 Å². The van der Waals surface area contributed by atoms with E-state index in [9.17, 15) is 9.90 Å². The van der Waals surface area contributed by atoms with Gasteiger partial charge in [-0.2, -0.15) is 0 Å². The van der Waals surface area contributed by atoms with E-state index >= 15 is 0 Å². The summed E-state index contributed by atoms with van der Waals surface area (Å²) in [6, 6.07) is 9.83. The lowest BCUT2D eigenvalue weighted by Crippen LogP contribution is -2.41. The number of amides is 2. The number of aliphatic hydroxyl groups excluding tert-OH is 1. The highest BCUT2D eigenvalue weighted by Crippen LogP contribution is 2.34. The Balaban J connectivity index is 2.61. The van der Waals surface area contributed by atoms with Crippen molar-refractivity contribution in [2.75, 3.05) is 19.7 Å². The highest BCUT2D eigenvalue weighted by molar-refractivity contribution is 5.73. The third-order valence-electron chi connectivity index (χ3n) is 3.85. The summed E-state index contributed by atoms with van der Waals surface area (Å²) in [4.78, 5) is 11.8. The summed E-state index contributed by atoms with van der Waals surface area (Å²) in [5.74, 6) is 0.0555. The quantitative estimate of drug-likeness (QED) is 0.510. The lowest BCUT2D eigenvalue weighted by atomic mass is 9.75. The number of urea groups is 1. The van der Waals surface area contributed by atoms with Crippen LogP contribution in [0.5, 0.6) is 0 Å². The van der Waals surface area contributed by atoms with Gasteiger partial charge in [-0.05, 0) is 24.3 Å². The lowest BCUT2D eigenvalue weighted by molar-refractivity contribution is 0.129. The summed E-state index contributed by atoms with van der Waals surface area (Å²) >= 11 is 0. The number of carbonyl (C=O) groups is 1. The van der Waals surface area contributed by atoms with Gasteiger partial charge in [0.25, 0.3) is 0 Å². The zero-order valence-corrected chi connectivity index (χ0v) is 13.8. The fraction of sp³-hybridized carbons (Fsp3) is 0.500. The number of carbonyl (C=O) groups excluding carboxylic acids is 1. The smallest absolute Gasteiger partial charge is 0.314 e. The third-order valence-corrected chi connectivity index (χ3v) is 3.85. The minimum atomic E-state index is -0.306. The van der Waals surface area contributed by atoms with Crippen LogP contribution < -0.4 is 10.6 Å². The number of hydrogen-bond donors (Lipinski definition) is 3. The molecular formula is C18H28N2O2. The molecule has 0 radical (unpaired) electrons. The highest BCUT2D eigenvalue weighted by Gasteiger charge is 2.30. The molecule has 3 N–H and O–H groups in total. The molecule has 122 valence electrons. The normalized spacial score (nSPS) is 13.1. The molecule has 0 aliphatic rings. The van der Waals surface area contributed by atoms with Gasteiger partial charge in [-0.25, -0.2) is 4.79 Å². The highest BCUT2D eigenvalue weighted by atomic mass is 16.3. The molecule has 4 heteroatoms. The second kappa shape index (κ2) is 9.26. The van der Waals surface area contributed by atoms with Crippen LogP contribution in [0.4, 0.5) is 4.79 Å². The predicted octanol–water partition coefficient (Wildman–Crippen LogP) is 3.05. The minimum Gasteiger partial charge on any atom is -0.396 e. The lowest BCUT2D eigenvalue weighted by Gasteiger charge is -2.33. The Morgan fingerprint density at radius 2 is 1.95 bits per heavy atom. The van der Waals surface area contributed by atoms with E-state index in [2.05, 4.69) is 10.6 Å². The van der Waals surface area contributed by atoms with Crippen LogP contribution in [0.3, 0.4) is 0 Å². The molecule has 1 unspecified atom stereocenters. The molecule has 1 aromatic carbocycles. The van der Waals surface area contributed by atoms with Crippen LogP contribution in [0.2, 0.25) is 0 Å². The first-order valence-corrected chi connectivity index (χ1v) is 7.80. The molecule has 0 saturated carbocycles. The Morgan fingerprint density at radius 1 is 1.27 bits per heavy atom. The predicted molar refractivity (Wildman–Crippen MR) is 90.9 cm³/mol. The van der Waals surface area contributed by atoms with E-state index in [1.54, 1.807) is 0 Å². The van der Waals surface area contributed by atoms with Crippen LogP contribution in [-0.4, -0.2) is 30.8 Å². The van der Waals surface area contributed by atoms with E-state index < -0.39 is 0 Å². The van der Waals surface area contributed by atoms with Gasteiger partial charge in [-0.15, -0.1) is 0 Å². The Hall–Kier alpha value is -1.81. The number of rotatable bonds is 8. The fourth-order valence-corrected chi connectivity index (χ4v) is 2.33. The van der Waals surface area contributed by atoms with Crippen LogP contribution in [0, 0.1) is 5.41 Å². The summed E-state index contributed by atoms with van der Waals surface area (Å²) in [6.45, 7) is 7.16. The maximum absolute atomic E-state index is 11.8. The summed E-state index contributed by atoms with van der Waals surface area (Å²) in [5, 5.41) is 15.4. The van der Waals surface area contributed by atoms with Crippen LogP contribution >= 0.6 is 0 Å². The largest absolute Gasteiger partial charge is 0.396 e. The maximum atomic E-state index is 11.8. The molecule has 0 heterocycles. The second-order valence-electron chi connectivity index (χ2n) is 6.10. The van der Waals surface area contributed by atoms with E-state index in [0.29, 0.717) is 13.1 Å². The first-order valence-electron chi connectivity index (χ1n) is 7.80. The topological polar surface area (TPSA) is 61.4 Å². The first kappa shape index (κ1) is 18.2. The molecule has 0 aliphatic heterocycles. The van der Waals surface area contributed by atoms with E-state index in [1.807, 2.05) is 63.3 Å². The molecule has 1 aromatic rings. The molecule has 1 atom stereocenters. The molecule has 0 spiro atoms. The van der Waals surface area contributed by atoms with Crippen molar-refractivity contribution in [3.05, 3.63) is 48.0 Å². The van der Waals surface area contributed by atoms with E-state index in [-0.39, 0.29) is 24.0 Å². The van der Waals surface area contributed by atoms with Gasteiger partial charge in [-0.1, -0.05) is 56.3 Å². The summed E-state index contributed by atoms with van der Waals surface area (Å²) in [6.07, 6.45) is 4.81. The van der Waals surface area contributed by atoms with Crippen molar-refractivity contribution in [1.82, 2.24) is 10.6 Å². The van der Waals surface area contributed by atoms with Gasteiger partial charge in [0.15, 0.2) is 0 Å². The summed E-state index contributed by atoms with van der Waals surface area (Å²) < 4.78 is 0. The molecule has 1 rings (SSSR count). The Morgan fingerprint density at radius 3 is 2.55 bits per heavy atom. The van der Waals surface area contributed by atoms with Gasteiger partial charge < -0.3 is 15.7 Å². The number of hydrogen-bond acceptors (Lipinski definition) is 2. The molecule has 0 saturated heterocycles. The van der Waals surface area contributed by atoms with Crippen LogP contribution in [0.1, 0.15) is 38.7 Å². The van der Waals surface area contributed by atoms with Crippen LogP contribution in [0.15, 0.2) is 42.5 Å². The maximum Gasteiger partial charge on any atom is 0.314 e. The average molecular weight is 304 g/mol. The molecule has 2 amide bonds. The first-order chi connectivity index (χ1) is 10.5. The van der Waals surface area contributed by atoms with Gasteiger partial charge >= 0.3 is 6.03 Å². The monoisotopic (exact) mass is 304 g/mol. The average Bonchev–Trinajstić information content (AvgIpc) is 2.52. The number of benzene rings is 1. The summed E-state index contributed by atoms with van der Waals surface area (Å²) in [7, 11) is 0. The van der Waals surface area contributed by atoms with E-state index in [0.717, 1.165) is 12.0 Å². The number of aliphatic hydroxyl groups is 1. The number of allylic oxidation sites excluding steroid dienone is 1. The van der Waals surface area contributed by atoms with Gasteiger partial charge in [0, 0.05) is 25.6 Å². The van der Waals surface area contributed by atoms with Crippen molar-refractivity contribution in [3.63, 3.8) is 0 Å². The van der Waals surface area contributed by atoms with E-state index in [4.69, 9.17) is 0 Å². The third kappa shape index (κ3) is 5.90. The summed E-state index contributed by atoms with van der Waals surface area (Å²) in [5.41, 5.74) is 0.815. The van der Waals surface area contributed by atoms with Crippen molar-refractivity contribution in [2.45, 2.75) is 33.1 Å². The standard InChI is InChI=1S/C18H28N2O2/c1-4-5-9-12-19-17(22)20-13-16(18(2,3)14-21)15-10-7-6-8-11-15/h4-8,10-11,16,21H,9,12-14H2,1-3H3,(H2,19,20,22)/b5-4+. The molecule has 0 fully saturated rings. The second-order valence-corrected chi connectivity index (χ2v) is 6.10. The molecule has 0 aliphatic carbocycles. The Labute approximate surface area is 133 Å². The number of nitrogens with one attached hydrogen (secondary N) is 2. The van der Waals surface area contributed by atoms with Crippen molar-refractivity contribution >= 4 is 6.03 Å². The molecular weight excluding hydrogens is 276 g/mol. The SMILES string of the molecule is C/C=C/CCNC(=O)NCC(c1ccccc1)C(C)(C)CO. The van der Waals surface area contributed by atoms with Crippen LogP contribution in [-0.2, 0) is 0 Å². The fourth-order valence-electron chi connectivity index (χ4n) is 2.33. The zero-order chi connectivity index (χ0) is 16.4. The molecule has 4 nitrogen and oxygen atoms in total. The Kier molecular flexibility index (Phi) is 7.67. The van der Waals surface area contributed by atoms with E-state index in [1.165, 1.54) is 0 Å². The van der Waals surface area contributed by atoms with Gasteiger partial charge in [0.05, 0.1) is 0 Å². The van der Waals surface area contributed by atoms with Crippen LogP contribution in [0.25, 0.3) is 0 Å². The van der Waals surface area contributed by atoms with Gasteiger partial charge in [0.1, 0.15) is 0 Å². The zero-order valence-electron chi connectivity index (χ0n) is 13.8. The van der Waals surface area contributed by atoms with Crippen molar-refractivity contribution in [1.29, 1.82) is 0 Å². The Bertz CT molecular complexity index is 469. The molecule has 0 bridgehead atoms. The van der Waals surface area contributed by atoms with Crippen molar-refractivity contribution in [3.8, 4) is 0 Å². The molecule has 22 heavy (non-hydrogen) atoms. The minimum absolute atomic E-state index is 0.0555. The van der Waals surface area contributed by atoms with Gasteiger partial charge in [0.2, 0.25) is 0 Å².